The maximum atomic E-state index is 12.4. The van der Waals surface area contributed by atoms with Gasteiger partial charge in [-0.1, -0.05) is 54.6 Å². The van der Waals surface area contributed by atoms with Gasteiger partial charge in [0.05, 0.1) is 24.0 Å². The molecule has 0 aliphatic heterocycles. The van der Waals surface area contributed by atoms with Crippen molar-refractivity contribution in [2.24, 2.45) is 0 Å². The van der Waals surface area contributed by atoms with Crippen LogP contribution in [-0.4, -0.2) is 70.7 Å². The molecule has 11 nitrogen and oxygen atoms in total. The third kappa shape index (κ3) is 11.3. The lowest BCUT2D eigenvalue weighted by Crippen LogP contribution is -2.54. The molecule has 2 N–H and O–H groups in total. The zero-order valence-corrected chi connectivity index (χ0v) is 27.2. The van der Waals surface area contributed by atoms with E-state index in [0.29, 0.717) is 0 Å². The molecule has 0 aromatic heterocycles. The normalized spacial score (nSPS) is 14.1. The van der Waals surface area contributed by atoms with Crippen LogP contribution in [0, 0.1) is 13.8 Å². The molecule has 42 heavy (non-hydrogen) atoms. The number of methoxy groups -OCH3 is 2. The predicted octanol–water partition coefficient (Wildman–Crippen LogP) is 3.26. The molecule has 0 heterocycles. The smallest absolute Gasteiger partial charge is 0.327 e. The monoisotopic (exact) mass is 664 g/mol. The second kappa shape index (κ2) is 16.4. The van der Waals surface area contributed by atoms with Crippen molar-refractivity contribution in [3.63, 3.8) is 0 Å². The lowest BCUT2D eigenvalue weighted by Gasteiger charge is -2.26. The summed E-state index contributed by atoms with van der Waals surface area (Å²) in [6.45, 7) is 7.86. The van der Waals surface area contributed by atoms with Crippen molar-refractivity contribution < 1.29 is 40.7 Å². The Balaban J connectivity index is 0.000000790. The molecule has 236 valence electrons. The third-order valence-electron chi connectivity index (χ3n) is 5.53. The van der Waals surface area contributed by atoms with Crippen molar-refractivity contribution in [1.82, 2.24) is 9.44 Å². The molecule has 2 unspecified atom stereocenters. The van der Waals surface area contributed by atoms with Gasteiger partial charge in [0.2, 0.25) is 20.0 Å². The summed E-state index contributed by atoms with van der Waals surface area (Å²) < 4.78 is 63.1. The number of ether oxygens (including phenoxy) is 2. The average Bonchev–Trinajstić information content (AvgIpc) is 2.91. The van der Waals surface area contributed by atoms with Gasteiger partial charge in [-0.2, -0.15) is 22.1 Å². The van der Waals surface area contributed by atoms with Crippen molar-refractivity contribution in [3.8, 4) is 0 Å². The van der Waals surface area contributed by atoms with E-state index in [1.54, 1.807) is 24.3 Å². The molecule has 0 radical (unpaired) electrons. The van der Waals surface area contributed by atoms with Gasteiger partial charge >= 0.3 is 11.9 Å². The quantitative estimate of drug-likeness (QED) is 0.240. The van der Waals surface area contributed by atoms with Gasteiger partial charge in [0.15, 0.2) is 5.12 Å². The van der Waals surface area contributed by atoms with Crippen molar-refractivity contribution in [1.29, 1.82) is 0 Å². The van der Waals surface area contributed by atoms with Crippen molar-refractivity contribution in [2.75, 3.05) is 25.7 Å². The molecule has 0 saturated carbocycles. The highest BCUT2D eigenvalue weighted by molar-refractivity contribution is 8.13. The Morgan fingerprint density at radius 2 is 1.10 bits per heavy atom. The highest BCUT2D eigenvalue weighted by Gasteiger charge is 2.40. The summed E-state index contributed by atoms with van der Waals surface area (Å²) in [5.74, 6) is -1.50. The van der Waals surface area contributed by atoms with Crippen LogP contribution in [0.2, 0.25) is 0 Å². The lowest BCUT2D eigenvalue weighted by molar-refractivity contribution is -0.146. The predicted molar refractivity (Wildman–Crippen MR) is 168 cm³/mol. The summed E-state index contributed by atoms with van der Waals surface area (Å²) in [6, 6.07) is 12.6. The number of sulfonamides is 2. The Morgan fingerprint density at radius 1 is 0.762 bits per heavy atom. The first-order valence-corrected chi connectivity index (χ1v) is 16.6. The highest BCUT2D eigenvalue weighted by atomic mass is 32.2. The van der Waals surface area contributed by atoms with E-state index in [4.69, 9.17) is 0 Å². The number of benzene rings is 2. The van der Waals surface area contributed by atoms with E-state index >= 15 is 0 Å². The molecule has 0 amide bonds. The van der Waals surface area contributed by atoms with Gasteiger partial charge in [-0.05, 0) is 52.0 Å². The third-order valence-corrected chi connectivity index (χ3v) is 10.5. The second-order valence-electron chi connectivity index (χ2n) is 9.42. The van der Waals surface area contributed by atoms with Gasteiger partial charge in [0, 0.05) is 18.4 Å². The Hall–Kier alpha value is -2.43. The van der Waals surface area contributed by atoms with Gasteiger partial charge in [0.1, 0.15) is 11.1 Å². The van der Waals surface area contributed by atoms with E-state index in [1.165, 1.54) is 59.3 Å². The van der Waals surface area contributed by atoms with Crippen molar-refractivity contribution in [2.45, 2.75) is 62.9 Å². The first-order valence-electron chi connectivity index (χ1n) is 12.0. The van der Waals surface area contributed by atoms with Gasteiger partial charge in [-0.3, -0.25) is 14.4 Å². The molecule has 0 fully saturated rings. The van der Waals surface area contributed by atoms with Crippen LogP contribution in [-0.2, 0) is 43.9 Å². The SMILES string of the molecule is C.COC(=O)C(C)(CS)NS(=O)(=O)c1ccc(C)cc1.COC(=O)C(C)(CSC(C)=O)NS(=O)(=O)c1ccc(C)cc1. The summed E-state index contributed by atoms with van der Waals surface area (Å²) in [7, 11) is -5.35. The van der Waals surface area contributed by atoms with E-state index in [2.05, 4.69) is 31.5 Å². The minimum absolute atomic E-state index is 0. The summed E-state index contributed by atoms with van der Waals surface area (Å²) in [4.78, 5) is 34.8. The number of rotatable bonds is 11. The molecule has 2 aromatic rings. The summed E-state index contributed by atoms with van der Waals surface area (Å²) in [6.07, 6.45) is 0. The standard InChI is InChI=1S/C14H19NO5S2.C12H17NO4S2.CH4/c1-10-5-7-12(8-6-10)22(18,19)15-14(3,13(17)20-4)9-21-11(2)16;1-9-4-6-10(7-5-9)19(15,16)13-12(2,8-18)11(14)17-3;/h5-8,15H,9H2,1-4H3;4-7,13,18H,8H2,1-3H3;1H4. The van der Waals surface area contributed by atoms with Crippen molar-refractivity contribution >= 4 is 61.5 Å². The van der Waals surface area contributed by atoms with Gasteiger partial charge in [0.25, 0.3) is 0 Å². The van der Waals surface area contributed by atoms with Gasteiger partial charge in [-0.15, -0.1) is 0 Å². The number of thioether (sulfide) groups is 1. The lowest BCUT2D eigenvalue weighted by atomic mass is 10.1. The van der Waals surface area contributed by atoms with E-state index in [9.17, 15) is 31.2 Å². The molecule has 2 atom stereocenters. The molecule has 2 aromatic carbocycles. The van der Waals surface area contributed by atoms with Crippen LogP contribution in [0.15, 0.2) is 58.3 Å². The van der Waals surface area contributed by atoms with Crippen molar-refractivity contribution in [3.05, 3.63) is 59.7 Å². The second-order valence-corrected chi connectivity index (χ2v) is 14.3. The molecule has 0 bridgehead atoms. The van der Waals surface area contributed by atoms with Crippen LogP contribution in [0.4, 0.5) is 0 Å². The Bertz CT molecular complexity index is 1430. The number of thiol groups is 1. The number of hydrogen-bond acceptors (Lipinski definition) is 11. The number of esters is 2. The van der Waals surface area contributed by atoms with Crippen LogP contribution >= 0.6 is 24.4 Å². The molecule has 2 rings (SSSR count). The number of carbonyl (C=O) groups is 3. The Morgan fingerprint density at radius 3 is 1.40 bits per heavy atom. The first kappa shape index (κ1) is 39.6. The average molecular weight is 665 g/mol. The van der Waals surface area contributed by atoms with E-state index in [1.807, 2.05) is 13.8 Å². The molecule has 0 aliphatic rings. The van der Waals surface area contributed by atoms with Crippen LogP contribution in [0.1, 0.15) is 39.3 Å². The minimum Gasteiger partial charge on any atom is -0.468 e. The van der Waals surface area contributed by atoms with E-state index < -0.39 is 43.1 Å². The summed E-state index contributed by atoms with van der Waals surface area (Å²) in [5.41, 5.74) is -1.07. The van der Waals surface area contributed by atoms with Gasteiger partial charge < -0.3 is 9.47 Å². The zero-order valence-electron chi connectivity index (χ0n) is 23.9. The van der Waals surface area contributed by atoms with Gasteiger partial charge in [-0.25, -0.2) is 16.8 Å². The fourth-order valence-corrected chi connectivity index (χ4v) is 6.92. The maximum Gasteiger partial charge on any atom is 0.327 e. The number of hydrogen-bond donors (Lipinski definition) is 3. The molecule has 0 spiro atoms. The number of carbonyl (C=O) groups excluding carboxylic acids is 3. The first-order chi connectivity index (χ1) is 18.9. The van der Waals surface area contributed by atoms with Crippen LogP contribution < -0.4 is 9.44 Å². The molecule has 15 heteroatoms. The number of nitrogens with one attached hydrogen (secondary N) is 2. The fourth-order valence-electron chi connectivity index (χ4n) is 3.11. The number of aryl methyl sites for hydroxylation is 2. The molecule has 0 aliphatic carbocycles. The van der Waals surface area contributed by atoms with E-state index in [-0.39, 0.29) is 33.8 Å². The highest BCUT2D eigenvalue weighted by Crippen LogP contribution is 2.20. The maximum absolute atomic E-state index is 12.4. The van der Waals surface area contributed by atoms with Crippen LogP contribution in [0.5, 0.6) is 0 Å². The Kier molecular flexibility index (Phi) is 15.5. The Labute approximate surface area is 259 Å². The van der Waals surface area contributed by atoms with Crippen LogP contribution in [0.3, 0.4) is 0 Å². The van der Waals surface area contributed by atoms with E-state index in [0.717, 1.165) is 22.9 Å². The minimum atomic E-state index is -3.91. The summed E-state index contributed by atoms with van der Waals surface area (Å²) in [5, 5.41) is -0.218. The molecule has 0 saturated heterocycles. The summed E-state index contributed by atoms with van der Waals surface area (Å²) >= 11 is 4.86. The molecular weight excluding hydrogens is 625 g/mol. The molecular formula is C27H40N2O9S4. The fraction of sp³-hybridized carbons (Fsp3) is 0.444. The van der Waals surface area contributed by atoms with Crippen LogP contribution in [0.25, 0.3) is 0 Å². The zero-order chi connectivity index (χ0) is 31.6. The topological polar surface area (TPSA) is 162 Å². The largest absolute Gasteiger partial charge is 0.468 e.